The Morgan fingerprint density at radius 1 is 1.40 bits per heavy atom. The van der Waals surface area contributed by atoms with Crippen molar-refractivity contribution in [3.8, 4) is 0 Å². The van der Waals surface area contributed by atoms with Crippen molar-refractivity contribution < 1.29 is 4.39 Å². The zero-order valence-corrected chi connectivity index (χ0v) is 9.39. The molecule has 1 N–H and O–H groups in total. The van der Waals surface area contributed by atoms with Gasteiger partial charge in [-0.25, -0.2) is 4.39 Å². The molecule has 0 saturated heterocycles. The number of aryl methyl sites for hydroxylation is 1. The molecule has 1 aliphatic carbocycles. The van der Waals surface area contributed by atoms with Crippen LogP contribution >= 0.6 is 0 Å². The van der Waals surface area contributed by atoms with Crippen LogP contribution in [0.1, 0.15) is 43.9 Å². The molecule has 2 heteroatoms. The van der Waals surface area contributed by atoms with Crippen LogP contribution in [0.4, 0.5) is 4.39 Å². The molecule has 0 aliphatic heterocycles. The lowest BCUT2D eigenvalue weighted by Crippen LogP contribution is -2.30. The minimum atomic E-state index is -0.119. The van der Waals surface area contributed by atoms with Gasteiger partial charge in [-0.1, -0.05) is 19.9 Å². The van der Waals surface area contributed by atoms with Gasteiger partial charge in [0.15, 0.2) is 0 Å². The Balaban J connectivity index is 2.28. The average molecular weight is 207 g/mol. The second kappa shape index (κ2) is 4.31. The highest BCUT2D eigenvalue weighted by atomic mass is 19.1. The molecule has 0 aromatic heterocycles. The van der Waals surface area contributed by atoms with Crippen LogP contribution in [0.25, 0.3) is 0 Å². The zero-order valence-electron chi connectivity index (χ0n) is 9.39. The van der Waals surface area contributed by atoms with Crippen LogP contribution in [0.15, 0.2) is 18.2 Å². The summed E-state index contributed by atoms with van der Waals surface area (Å²) < 4.78 is 13.2. The SMILES string of the molecule is CC(C)NC1CCCc2ccc(F)cc21. The third kappa shape index (κ3) is 2.37. The van der Waals surface area contributed by atoms with E-state index in [4.69, 9.17) is 0 Å². The predicted molar refractivity (Wildman–Crippen MR) is 60.4 cm³/mol. The molecule has 1 aliphatic rings. The van der Waals surface area contributed by atoms with Gasteiger partial charge in [-0.3, -0.25) is 0 Å². The molecule has 82 valence electrons. The van der Waals surface area contributed by atoms with Crippen LogP contribution < -0.4 is 5.32 Å². The molecule has 0 spiro atoms. The average Bonchev–Trinajstić information content (AvgIpc) is 2.18. The van der Waals surface area contributed by atoms with Crippen molar-refractivity contribution in [2.75, 3.05) is 0 Å². The first kappa shape index (κ1) is 10.6. The highest BCUT2D eigenvalue weighted by Crippen LogP contribution is 2.30. The number of hydrogen-bond acceptors (Lipinski definition) is 1. The number of halogens is 1. The van der Waals surface area contributed by atoms with Gasteiger partial charge in [-0.15, -0.1) is 0 Å². The summed E-state index contributed by atoms with van der Waals surface area (Å²) in [6.45, 7) is 4.27. The molecular formula is C13H18FN. The van der Waals surface area contributed by atoms with E-state index in [-0.39, 0.29) is 5.82 Å². The van der Waals surface area contributed by atoms with Crippen molar-refractivity contribution >= 4 is 0 Å². The van der Waals surface area contributed by atoms with Gasteiger partial charge in [-0.05, 0) is 42.5 Å². The summed E-state index contributed by atoms with van der Waals surface area (Å²) in [5.74, 6) is -0.119. The minimum Gasteiger partial charge on any atom is -0.308 e. The summed E-state index contributed by atoms with van der Waals surface area (Å²) in [4.78, 5) is 0. The van der Waals surface area contributed by atoms with Gasteiger partial charge in [0.05, 0.1) is 0 Å². The van der Waals surface area contributed by atoms with E-state index in [1.54, 1.807) is 12.1 Å². The number of rotatable bonds is 2. The summed E-state index contributed by atoms with van der Waals surface area (Å²) >= 11 is 0. The number of benzene rings is 1. The second-order valence-corrected chi connectivity index (χ2v) is 4.61. The molecule has 1 nitrogen and oxygen atoms in total. The second-order valence-electron chi connectivity index (χ2n) is 4.61. The largest absolute Gasteiger partial charge is 0.308 e. The Hall–Kier alpha value is -0.890. The van der Waals surface area contributed by atoms with Crippen LogP contribution in [0.5, 0.6) is 0 Å². The van der Waals surface area contributed by atoms with Crippen LogP contribution in [0.2, 0.25) is 0 Å². The molecule has 0 amide bonds. The summed E-state index contributed by atoms with van der Waals surface area (Å²) in [5, 5.41) is 3.50. The van der Waals surface area contributed by atoms with Crippen LogP contribution in [0, 0.1) is 5.82 Å². The first-order valence-electron chi connectivity index (χ1n) is 5.71. The first-order valence-corrected chi connectivity index (χ1v) is 5.71. The van der Waals surface area contributed by atoms with Crippen molar-refractivity contribution in [2.24, 2.45) is 0 Å². The lowest BCUT2D eigenvalue weighted by Gasteiger charge is -2.28. The molecule has 15 heavy (non-hydrogen) atoms. The van der Waals surface area contributed by atoms with E-state index in [0.29, 0.717) is 12.1 Å². The smallest absolute Gasteiger partial charge is 0.123 e. The molecule has 0 bridgehead atoms. The Morgan fingerprint density at radius 2 is 2.20 bits per heavy atom. The highest BCUT2D eigenvalue weighted by molar-refractivity contribution is 5.32. The van der Waals surface area contributed by atoms with Crippen LogP contribution in [-0.2, 0) is 6.42 Å². The maximum atomic E-state index is 13.2. The van der Waals surface area contributed by atoms with Crippen molar-refractivity contribution in [2.45, 2.75) is 45.2 Å². The quantitative estimate of drug-likeness (QED) is 0.785. The normalized spacial score (nSPS) is 20.4. The van der Waals surface area contributed by atoms with Crippen LogP contribution in [-0.4, -0.2) is 6.04 Å². The minimum absolute atomic E-state index is 0.119. The van der Waals surface area contributed by atoms with Crippen molar-refractivity contribution in [3.63, 3.8) is 0 Å². The fourth-order valence-electron chi connectivity index (χ4n) is 2.35. The maximum absolute atomic E-state index is 13.2. The van der Waals surface area contributed by atoms with E-state index in [0.717, 1.165) is 18.4 Å². The molecule has 2 rings (SSSR count). The van der Waals surface area contributed by atoms with E-state index in [1.807, 2.05) is 6.07 Å². The summed E-state index contributed by atoms with van der Waals surface area (Å²) in [6.07, 6.45) is 3.41. The predicted octanol–water partition coefficient (Wildman–Crippen LogP) is 3.20. The fourth-order valence-corrected chi connectivity index (χ4v) is 2.35. The van der Waals surface area contributed by atoms with E-state index < -0.39 is 0 Å². The first-order chi connectivity index (χ1) is 7.16. The molecule has 0 saturated carbocycles. The fraction of sp³-hybridized carbons (Fsp3) is 0.538. The van der Waals surface area contributed by atoms with Crippen LogP contribution in [0.3, 0.4) is 0 Å². The molecule has 1 unspecified atom stereocenters. The van der Waals surface area contributed by atoms with Gasteiger partial charge in [0.1, 0.15) is 5.82 Å². The van der Waals surface area contributed by atoms with E-state index in [2.05, 4.69) is 19.2 Å². The topological polar surface area (TPSA) is 12.0 Å². The van der Waals surface area contributed by atoms with Gasteiger partial charge >= 0.3 is 0 Å². The lowest BCUT2D eigenvalue weighted by atomic mass is 9.87. The van der Waals surface area contributed by atoms with Crippen molar-refractivity contribution in [1.29, 1.82) is 0 Å². The Bertz CT molecular complexity index is 346. The van der Waals surface area contributed by atoms with E-state index in [1.165, 1.54) is 12.0 Å². The van der Waals surface area contributed by atoms with Gasteiger partial charge in [0.2, 0.25) is 0 Å². The highest BCUT2D eigenvalue weighted by Gasteiger charge is 2.20. The standard InChI is InChI=1S/C13H18FN/c1-9(2)15-13-5-3-4-10-6-7-11(14)8-12(10)13/h6-9,13,15H,3-5H2,1-2H3. The molecule has 1 atom stereocenters. The summed E-state index contributed by atoms with van der Waals surface area (Å²) in [6, 6.07) is 5.97. The molecule has 1 aromatic rings. The van der Waals surface area contributed by atoms with Gasteiger partial charge in [-0.2, -0.15) is 0 Å². The third-order valence-electron chi connectivity index (χ3n) is 2.96. The number of fused-ring (bicyclic) bond motifs is 1. The number of nitrogens with one attached hydrogen (secondary N) is 1. The molecule has 0 fully saturated rings. The van der Waals surface area contributed by atoms with Gasteiger partial charge in [0.25, 0.3) is 0 Å². The molecule has 1 aromatic carbocycles. The van der Waals surface area contributed by atoms with Gasteiger partial charge < -0.3 is 5.32 Å². The summed E-state index contributed by atoms with van der Waals surface area (Å²) in [7, 11) is 0. The molecular weight excluding hydrogens is 189 g/mol. The Labute approximate surface area is 90.7 Å². The van der Waals surface area contributed by atoms with Crippen molar-refractivity contribution in [3.05, 3.63) is 35.1 Å². The molecule has 0 heterocycles. The lowest BCUT2D eigenvalue weighted by molar-refractivity contribution is 0.421. The third-order valence-corrected chi connectivity index (χ3v) is 2.96. The van der Waals surface area contributed by atoms with E-state index >= 15 is 0 Å². The molecule has 0 radical (unpaired) electrons. The Kier molecular flexibility index (Phi) is 3.06. The number of hydrogen-bond donors (Lipinski definition) is 1. The van der Waals surface area contributed by atoms with Gasteiger partial charge in [0, 0.05) is 12.1 Å². The Morgan fingerprint density at radius 3 is 2.93 bits per heavy atom. The van der Waals surface area contributed by atoms with Crippen molar-refractivity contribution in [1.82, 2.24) is 5.32 Å². The zero-order chi connectivity index (χ0) is 10.8. The van der Waals surface area contributed by atoms with E-state index in [9.17, 15) is 4.39 Å². The maximum Gasteiger partial charge on any atom is 0.123 e. The monoisotopic (exact) mass is 207 g/mol. The summed E-state index contributed by atoms with van der Waals surface area (Å²) in [5.41, 5.74) is 2.47.